The average Bonchev–Trinajstić information content (AvgIpc) is 4.43. The molecule has 404 valence electrons. The summed E-state index contributed by atoms with van der Waals surface area (Å²) >= 11 is 25.3. The smallest absolute Gasteiger partial charge is 0.217 e. The zero-order valence-electron chi connectivity index (χ0n) is 41.6. The van der Waals surface area contributed by atoms with E-state index in [2.05, 4.69) is 74.2 Å². The standard InChI is InChI=1S/2C26H27Cl2N7O3.H2O/c2*27-20-1-6-24(25(28)13-20)26(16-33-18-30-17-31-33)37-15-23(38-26)14-36-22-4-2-21(3-5-22)32-9-11-34(12-10-32)35-8-7-29-19-35;/h2*1-8,13,17-19,23H,9-12,14-16H2;1H2. The van der Waals surface area contributed by atoms with Gasteiger partial charge in [0.25, 0.3) is 0 Å². The Morgan fingerprint density at radius 1 is 0.506 bits per heavy atom. The van der Waals surface area contributed by atoms with Gasteiger partial charge in [-0.2, -0.15) is 10.2 Å². The molecule has 4 aliphatic heterocycles. The van der Waals surface area contributed by atoms with Crippen LogP contribution in [0.3, 0.4) is 0 Å². The fourth-order valence-corrected chi connectivity index (χ4v) is 10.8. The Hall–Kier alpha value is -6.66. The summed E-state index contributed by atoms with van der Waals surface area (Å²) in [5.41, 5.74) is 3.71. The summed E-state index contributed by atoms with van der Waals surface area (Å²) in [7, 11) is 0. The van der Waals surface area contributed by atoms with Crippen molar-refractivity contribution >= 4 is 57.8 Å². The van der Waals surface area contributed by atoms with Crippen LogP contribution in [0.25, 0.3) is 0 Å². The van der Waals surface area contributed by atoms with Gasteiger partial charge in [0, 0.05) is 83.5 Å². The van der Waals surface area contributed by atoms with Gasteiger partial charge in [0.1, 0.15) is 88.0 Å². The molecule has 4 saturated heterocycles. The molecule has 0 bridgehead atoms. The van der Waals surface area contributed by atoms with Gasteiger partial charge in [-0.3, -0.25) is 9.35 Å². The molecule has 12 rings (SSSR count). The Morgan fingerprint density at radius 3 is 1.27 bits per heavy atom. The number of rotatable bonds is 16. The lowest BCUT2D eigenvalue weighted by Gasteiger charge is -2.37. The van der Waals surface area contributed by atoms with E-state index in [0.717, 1.165) is 63.9 Å². The Kier molecular flexibility index (Phi) is 17.0. The van der Waals surface area contributed by atoms with Gasteiger partial charge < -0.3 is 53.7 Å². The summed E-state index contributed by atoms with van der Waals surface area (Å²) in [6.45, 7) is 9.38. The summed E-state index contributed by atoms with van der Waals surface area (Å²) in [5, 5.41) is 15.0. The summed E-state index contributed by atoms with van der Waals surface area (Å²) in [6, 6.07) is 26.9. The predicted octanol–water partition coefficient (Wildman–Crippen LogP) is 6.35. The van der Waals surface area contributed by atoms with Crippen LogP contribution < -0.4 is 29.3 Å². The minimum Gasteiger partial charge on any atom is -0.491 e. The molecule has 2 N–H and O–H groups in total. The first kappa shape index (κ1) is 53.7. The van der Waals surface area contributed by atoms with Gasteiger partial charge >= 0.3 is 0 Å². The van der Waals surface area contributed by atoms with E-state index in [1.165, 1.54) is 24.0 Å². The van der Waals surface area contributed by atoms with E-state index in [1.54, 1.807) is 58.7 Å². The molecule has 77 heavy (non-hydrogen) atoms. The summed E-state index contributed by atoms with van der Waals surface area (Å²) in [5.74, 6) is -0.724. The lowest BCUT2D eigenvalue weighted by Crippen LogP contribution is -2.50. The van der Waals surface area contributed by atoms with Crippen molar-refractivity contribution in [3.05, 3.63) is 179 Å². The number of ether oxygens (including phenoxy) is 6. The Balaban J connectivity index is 0.000000172. The van der Waals surface area contributed by atoms with Crippen molar-refractivity contribution in [2.45, 2.75) is 36.9 Å². The molecule has 4 unspecified atom stereocenters. The lowest BCUT2D eigenvalue weighted by atomic mass is 10.1. The van der Waals surface area contributed by atoms with Crippen molar-refractivity contribution < 1.29 is 33.9 Å². The van der Waals surface area contributed by atoms with Crippen LogP contribution in [0.2, 0.25) is 20.1 Å². The number of hydrogen-bond acceptors (Lipinski definition) is 16. The summed E-state index contributed by atoms with van der Waals surface area (Å²) in [4.78, 5) is 21.1. The SMILES string of the molecule is Clc1ccc(C2(Cn3cncn3)OCC(COc3ccc(N4CCN(n5ccnc5)CC4)cc3)O2)c(Cl)c1.Clc1ccc(C2(Cn3cncn3)OCC(COc3ccc(N4CCN(n5ccnc5)CC4)cc3)O2)c(Cl)c1.O. The van der Waals surface area contributed by atoms with Crippen LogP contribution in [-0.4, -0.2) is 145 Å². The second kappa shape index (κ2) is 24.3. The zero-order valence-corrected chi connectivity index (χ0v) is 44.7. The maximum Gasteiger partial charge on any atom is 0.217 e. The highest BCUT2D eigenvalue weighted by atomic mass is 35.5. The highest BCUT2D eigenvalue weighted by molar-refractivity contribution is 6.35. The number of benzene rings is 4. The maximum absolute atomic E-state index is 6.54. The molecule has 0 amide bonds. The van der Waals surface area contributed by atoms with Crippen molar-refractivity contribution in [3.8, 4) is 11.5 Å². The first-order valence-electron chi connectivity index (χ1n) is 24.8. The Bertz CT molecular complexity index is 2870. The number of hydrogen-bond donors (Lipinski definition) is 0. The fraction of sp³-hybridized carbons (Fsp3) is 0.346. The van der Waals surface area contributed by atoms with E-state index >= 15 is 0 Å². The second-order valence-corrected chi connectivity index (χ2v) is 20.1. The topological polar surface area (TPSA) is 197 Å². The van der Waals surface area contributed by atoms with Crippen molar-refractivity contribution in [3.63, 3.8) is 0 Å². The third-order valence-corrected chi connectivity index (χ3v) is 14.6. The highest BCUT2D eigenvalue weighted by Crippen LogP contribution is 2.42. The molecule has 0 spiro atoms. The van der Waals surface area contributed by atoms with Crippen LogP contribution in [0.1, 0.15) is 11.1 Å². The van der Waals surface area contributed by atoms with Crippen molar-refractivity contribution in [1.29, 1.82) is 0 Å². The van der Waals surface area contributed by atoms with E-state index in [9.17, 15) is 0 Å². The van der Waals surface area contributed by atoms with E-state index in [0.29, 0.717) is 57.6 Å². The van der Waals surface area contributed by atoms with Gasteiger partial charge in [0.15, 0.2) is 0 Å². The van der Waals surface area contributed by atoms with Crippen LogP contribution in [0.5, 0.6) is 11.5 Å². The van der Waals surface area contributed by atoms with Gasteiger partial charge in [-0.1, -0.05) is 58.5 Å². The molecule has 25 heteroatoms. The van der Waals surface area contributed by atoms with Gasteiger partial charge in [0.2, 0.25) is 11.6 Å². The van der Waals surface area contributed by atoms with Crippen LogP contribution in [0.15, 0.2) is 148 Å². The molecule has 4 aromatic heterocycles. The van der Waals surface area contributed by atoms with Gasteiger partial charge in [0.05, 0.1) is 49.4 Å². The number of halogens is 4. The number of imidazole rings is 2. The highest BCUT2D eigenvalue weighted by Gasteiger charge is 2.47. The molecular formula is C52H56Cl4N14O7. The molecule has 0 radical (unpaired) electrons. The first-order chi connectivity index (χ1) is 37.2. The minimum absolute atomic E-state index is 0. The zero-order chi connectivity index (χ0) is 51.9. The van der Waals surface area contributed by atoms with Gasteiger partial charge in [-0.05, 0) is 72.8 Å². The molecule has 4 fully saturated rings. The van der Waals surface area contributed by atoms with Crippen LogP contribution >= 0.6 is 46.4 Å². The van der Waals surface area contributed by atoms with Crippen LogP contribution in [0, 0.1) is 0 Å². The quantitative estimate of drug-likeness (QED) is 0.104. The number of aromatic nitrogens is 10. The maximum atomic E-state index is 6.54. The van der Waals surface area contributed by atoms with E-state index in [-0.39, 0.29) is 30.8 Å². The number of nitrogens with zero attached hydrogens (tertiary/aromatic N) is 14. The van der Waals surface area contributed by atoms with Gasteiger partial charge in [-0.25, -0.2) is 29.3 Å². The third kappa shape index (κ3) is 12.7. The number of piperazine rings is 2. The molecule has 4 aliphatic rings. The van der Waals surface area contributed by atoms with E-state index in [4.69, 9.17) is 74.8 Å². The van der Waals surface area contributed by atoms with Crippen molar-refractivity contribution in [2.75, 3.05) is 98.6 Å². The monoisotopic (exact) mass is 1130 g/mol. The van der Waals surface area contributed by atoms with Gasteiger partial charge in [-0.15, -0.1) is 0 Å². The molecule has 0 aliphatic carbocycles. The number of anilines is 2. The Morgan fingerprint density at radius 2 is 0.922 bits per heavy atom. The van der Waals surface area contributed by atoms with E-state index < -0.39 is 11.6 Å². The molecule has 0 saturated carbocycles. The molecule has 8 heterocycles. The van der Waals surface area contributed by atoms with Crippen molar-refractivity contribution in [2.24, 2.45) is 0 Å². The molecular weight excluding hydrogens is 1070 g/mol. The predicted molar refractivity (Wildman–Crippen MR) is 290 cm³/mol. The van der Waals surface area contributed by atoms with Crippen molar-refractivity contribution in [1.82, 2.24) is 48.8 Å². The first-order valence-corrected chi connectivity index (χ1v) is 26.3. The van der Waals surface area contributed by atoms with E-state index in [1.807, 2.05) is 70.8 Å². The summed E-state index contributed by atoms with van der Waals surface area (Å²) < 4.78 is 44.9. The van der Waals surface area contributed by atoms with Crippen LogP contribution in [-0.2, 0) is 43.6 Å². The fourth-order valence-electron chi connectivity index (χ4n) is 9.66. The Labute approximate surface area is 464 Å². The summed E-state index contributed by atoms with van der Waals surface area (Å²) in [6.07, 6.45) is 16.8. The molecule has 21 nitrogen and oxygen atoms in total. The largest absolute Gasteiger partial charge is 0.491 e. The average molecular weight is 1130 g/mol. The normalized spacial score (nSPS) is 21.4. The van der Waals surface area contributed by atoms with Crippen LogP contribution in [0.4, 0.5) is 11.4 Å². The minimum atomic E-state index is -1.13. The second-order valence-electron chi connectivity index (χ2n) is 18.4. The third-order valence-electron chi connectivity index (χ3n) is 13.5. The molecule has 4 aromatic carbocycles. The lowest BCUT2D eigenvalue weighted by molar-refractivity contribution is -0.191. The molecule has 4 atom stereocenters. The molecule has 8 aromatic rings.